The minimum atomic E-state index is -3.26. The first-order chi connectivity index (χ1) is 3.61. The van der Waals surface area contributed by atoms with Gasteiger partial charge in [-0.3, -0.25) is 0 Å². The van der Waals surface area contributed by atoms with Gasteiger partial charge in [-0.2, -0.15) is 0 Å². The Balaban J connectivity index is 2.60. The van der Waals surface area contributed by atoms with E-state index in [1.807, 2.05) is 0 Å². The van der Waals surface area contributed by atoms with Crippen LogP contribution in [0.15, 0.2) is 0 Å². The third kappa shape index (κ3) is 1.13. The molecule has 1 N–H and O–H groups in total. The lowest BCUT2D eigenvalue weighted by Gasteiger charge is -2.23. The van der Waals surface area contributed by atoms with Gasteiger partial charge >= 0.3 is 0 Å². The van der Waals surface area contributed by atoms with Gasteiger partial charge in [0.05, 0.1) is 0 Å². The fourth-order valence-electron chi connectivity index (χ4n) is 0.461. The Labute approximate surface area is 52.4 Å². The molecule has 8 heavy (non-hydrogen) atoms. The molecule has 0 radical (unpaired) electrons. The Morgan fingerprint density at radius 1 is 1.50 bits per heavy atom. The van der Waals surface area contributed by atoms with Crippen LogP contribution in [0, 0.1) is 0 Å². The summed E-state index contributed by atoms with van der Waals surface area (Å²) in [5, 5.41) is 2.46. The van der Waals surface area contributed by atoms with E-state index >= 15 is 0 Å². The van der Waals surface area contributed by atoms with E-state index in [9.17, 15) is 8.42 Å². The molecule has 1 heterocycles. The molecular weight excluding hydrogens is 150 g/mol. The molecule has 0 saturated carbocycles. The molecule has 3 nitrogen and oxygen atoms in total. The van der Waals surface area contributed by atoms with Gasteiger partial charge in [0.2, 0.25) is 9.05 Å². The molecule has 0 aromatic heterocycles. The molecule has 1 aliphatic heterocycles. The zero-order valence-corrected chi connectivity index (χ0v) is 5.67. The highest BCUT2D eigenvalue weighted by atomic mass is 35.7. The van der Waals surface area contributed by atoms with Gasteiger partial charge in [0.1, 0.15) is 5.25 Å². The molecule has 1 aliphatic rings. The lowest BCUT2D eigenvalue weighted by molar-refractivity contribution is 0.504. The maximum atomic E-state index is 10.3. The van der Waals surface area contributed by atoms with Crippen LogP contribution in [0.4, 0.5) is 0 Å². The van der Waals surface area contributed by atoms with E-state index in [0.29, 0.717) is 13.1 Å². The second-order valence-electron chi connectivity index (χ2n) is 1.76. The molecule has 0 aromatic rings. The minimum absolute atomic E-state index is 0.343. The van der Waals surface area contributed by atoms with Gasteiger partial charge in [-0.25, -0.2) is 8.42 Å². The highest BCUT2D eigenvalue weighted by Crippen LogP contribution is 2.10. The third-order valence-electron chi connectivity index (χ3n) is 1.14. The van der Waals surface area contributed by atoms with E-state index in [4.69, 9.17) is 10.7 Å². The van der Waals surface area contributed by atoms with Crippen LogP contribution in [-0.4, -0.2) is 26.8 Å². The number of hydrogen-bond acceptors (Lipinski definition) is 3. The predicted octanol–water partition coefficient (Wildman–Crippen LogP) is -0.473. The average molecular weight is 156 g/mol. The largest absolute Gasteiger partial charge is 0.314 e. The van der Waals surface area contributed by atoms with Crippen molar-refractivity contribution < 1.29 is 8.42 Å². The normalized spacial score (nSPS) is 22.6. The zero-order chi connectivity index (χ0) is 6.20. The lowest BCUT2D eigenvalue weighted by Crippen LogP contribution is -2.49. The summed E-state index contributed by atoms with van der Waals surface area (Å²) in [4.78, 5) is 0. The lowest BCUT2D eigenvalue weighted by atomic mass is 10.3. The molecule has 0 aromatic carbocycles. The van der Waals surface area contributed by atoms with E-state index in [1.165, 1.54) is 0 Å². The number of halogens is 1. The molecule has 1 saturated heterocycles. The van der Waals surface area contributed by atoms with Gasteiger partial charge in [-0.1, -0.05) is 0 Å². The summed E-state index contributed by atoms with van der Waals surface area (Å²) in [6.07, 6.45) is 0. The highest BCUT2D eigenvalue weighted by molar-refractivity contribution is 8.14. The van der Waals surface area contributed by atoms with Crippen molar-refractivity contribution in [1.29, 1.82) is 0 Å². The summed E-state index contributed by atoms with van der Waals surface area (Å²) in [6, 6.07) is 0. The summed E-state index contributed by atoms with van der Waals surface area (Å²) in [5.74, 6) is 0. The van der Waals surface area contributed by atoms with Crippen molar-refractivity contribution in [3.63, 3.8) is 0 Å². The topological polar surface area (TPSA) is 46.2 Å². The average Bonchev–Trinajstić information content (AvgIpc) is 1.16. The standard InChI is InChI=1S/C3H6ClNO2S/c4-8(6,7)3-1-5-2-3/h3,5H,1-2H2. The summed E-state index contributed by atoms with van der Waals surface area (Å²) in [5.41, 5.74) is 0. The van der Waals surface area contributed by atoms with Crippen molar-refractivity contribution in [3.8, 4) is 0 Å². The van der Waals surface area contributed by atoms with Crippen molar-refractivity contribution in [2.24, 2.45) is 0 Å². The van der Waals surface area contributed by atoms with Gasteiger partial charge in [0.25, 0.3) is 0 Å². The Kier molecular flexibility index (Phi) is 1.47. The molecule has 1 fully saturated rings. The molecule has 0 spiro atoms. The Morgan fingerprint density at radius 2 is 2.00 bits per heavy atom. The molecule has 5 heteroatoms. The van der Waals surface area contributed by atoms with Crippen LogP contribution >= 0.6 is 10.7 Å². The Bertz CT molecular complexity index is 172. The minimum Gasteiger partial charge on any atom is -0.314 e. The second kappa shape index (κ2) is 1.86. The predicted molar refractivity (Wildman–Crippen MR) is 31.4 cm³/mol. The number of rotatable bonds is 1. The Hall–Kier alpha value is 0.200. The summed E-state index contributed by atoms with van der Waals surface area (Å²) in [6.45, 7) is 1.01. The zero-order valence-electron chi connectivity index (χ0n) is 4.09. The van der Waals surface area contributed by atoms with E-state index in [1.54, 1.807) is 0 Å². The monoisotopic (exact) mass is 155 g/mol. The molecule has 48 valence electrons. The van der Waals surface area contributed by atoms with Gasteiger partial charge in [0, 0.05) is 23.8 Å². The molecule has 0 aliphatic carbocycles. The van der Waals surface area contributed by atoms with Crippen LogP contribution in [-0.2, 0) is 9.05 Å². The van der Waals surface area contributed by atoms with Crippen molar-refractivity contribution in [2.75, 3.05) is 13.1 Å². The number of nitrogens with one attached hydrogen (secondary N) is 1. The van der Waals surface area contributed by atoms with Crippen LogP contribution in [0.1, 0.15) is 0 Å². The Morgan fingerprint density at radius 3 is 2.00 bits per heavy atom. The van der Waals surface area contributed by atoms with Crippen molar-refractivity contribution in [1.82, 2.24) is 5.32 Å². The van der Waals surface area contributed by atoms with Crippen molar-refractivity contribution in [2.45, 2.75) is 5.25 Å². The first kappa shape index (κ1) is 6.32. The fraction of sp³-hybridized carbons (Fsp3) is 1.00. The fourth-order valence-corrected chi connectivity index (χ4v) is 1.47. The van der Waals surface area contributed by atoms with Gasteiger partial charge in [0.15, 0.2) is 0 Å². The van der Waals surface area contributed by atoms with E-state index in [-0.39, 0.29) is 5.25 Å². The highest BCUT2D eigenvalue weighted by Gasteiger charge is 2.28. The summed E-state index contributed by atoms with van der Waals surface area (Å²) >= 11 is 0. The van der Waals surface area contributed by atoms with Crippen LogP contribution in [0.3, 0.4) is 0 Å². The third-order valence-corrected chi connectivity index (χ3v) is 3.03. The van der Waals surface area contributed by atoms with Crippen LogP contribution in [0.25, 0.3) is 0 Å². The van der Waals surface area contributed by atoms with Crippen molar-refractivity contribution in [3.05, 3.63) is 0 Å². The first-order valence-corrected chi connectivity index (χ1v) is 4.62. The smallest absolute Gasteiger partial charge is 0.237 e. The van der Waals surface area contributed by atoms with Crippen LogP contribution in [0.2, 0.25) is 0 Å². The van der Waals surface area contributed by atoms with E-state index in [0.717, 1.165) is 0 Å². The van der Waals surface area contributed by atoms with Crippen molar-refractivity contribution >= 4 is 19.7 Å². The molecular formula is C3H6ClNO2S. The van der Waals surface area contributed by atoms with Crippen LogP contribution in [0.5, 0.6) is 0 Å². The molecule has 1 rings (SSSR count). The molecule has 0 unspecified atom stereocenters. The number of hydrogen-bond donors (Lipinski definition) is 1. The van der Waals surface area contributed by atoms with E-state index < -0.39 is 9.05 Å². The maximum absolute atomic E-state index is 10.3. The van der Waals surface area contributed by atoms with Crippen LogP contribution < -0.4 is 5.32 Å². The summed E-state index contributed by atoms with van der Waals surface area (Å²) < 4.78 is 20.7. The van der Waals surface area contributed by atoms with Gasteiger partial charge in [-0.15, -0.1) is 0 Å². The maximum Gasteiger partial charge on any atom is 0.237 e. The van der Waals surface area contributed by atoms with E-state index in [2.05, 4.69) is 5.32 Å². The molecule has 0 amide bonds. The quantitative estimate of drug-likeness (QED) is 0.521. The molecule has 0 bridgehead atoms. The van der Waals surface area contributed by atoms with Gasteiger partial charge in [-0.05, 0) is 0 Å². The van der Waals surface area contributed by atoms with Gasteiger partial charge < -0.3 is 5.32 Å². The molecule has 0 atom stereocenters. The second-order valence-corrected chi connectivity index (χ2v) is 4.66. The summed E-state index contributed by atoms with van der Waals surface area (Å²) in [7, 11) is 1.71. The SMILES string of the molecule is O=S(=O)(Cl)C1CNC1. The first-order valence-electron chi connectivity index (χ1n) is 2.25.